The van der Waals surface area contributed by atoms with E-state index in [-0.39, 0.29) is 18.0 Å². The zero-order chi connectivity index (χ0) is 13.8. The minimum Gasteiger partial charge on any atom is -0.396 e. The third-order valence-electron chi connectivity index (χ3n) is 3.84. The van der Waals surface area contributed by atoms with E-state index in [1.54, 1.807) is 12.1 Å². The number of nitrogen functional groups attached to an aromatic ring is 1. The summed E-state index contributed by atoms with van der Waals surface area (Å²) in [7, 11) is 0. The van der Waals surface area contributed by atoms with Crippen molar-refractivity contribution in [3.8, 4) is 0 Å². The SMILES string of the molecule is Nc1cc(NCC2CCCC2CO)ccc1[N+](=O)[O-]. The number of benzene rings is 1. The largest absolute Gasteiger partial charge is 0.396 e. The van der Waals surface area contributed by atoms with Gasteiger partial charge in [0.1, 0.15) is 5.69 Å². The van der Waals surface area contributed by atoms with Crippen LogP contribution in [0.15, 0.2) is 18.2 Å². The highest BCUT2D eigenvalue weighted by Crippen LogP contribution is 2.32. The molecule has 2 atom stereocenters. The first-order valence-electron chi connectivity index (χ1n) is 6.50. The lowest BCUT2D eigenvalue weighted by Crippen LogP contribution is -2.20. The summed E-state index contributed by atoms with van der Waals surface area (Å²) < 4.78 is 0. The molecule has 1 saturated carbocycles. The number of aliphatic hydroxyl groups is 1. The van der Waals surface area contributed by atoms with Gasteiger partial charge in [0.2, 0.25) is 0 Å². The fourth-order valence-electron chi connectivity index (χ4n) is 2.70. The second-order valence-corrected chi connectivity index (χ2v) is 5.05. The summed E-state index contributed by atoms with van der Waals surface area (Å²) in [4.78, 5) is 10.2. The molecule has 4 N–H and O–H groups in total. The Morgan fingerprint density at radius 1 is 1.42 bits per heavy atom. The molecular formula is C13H19N3O3. The van der Waals surface area contributed by atoms with Gasteiger partial charge in [0.15, 0.2) is 0 Å². The molecule has 2 unspecified atom stereocenters. The van der Waals surface area contributed by atoms with Crippen LogP contribution < -0.4 is 11.1 Å². The molecule has 1 aliphatic carbocycles. The first-order valence-corrected chi connectivity index (χ1v) is 6.50. The summed E-state index contributed by atoms with van der Waals surface area (Å²) >= 11 is 0. The van der Waals surface area contributed by atoms with Gasteiger partial charge in [-0.25, -0.2) is 0 Å². The molecule has 2 rings (SSSR count). The van der Waals surface area contributed by atoms with Crippen molar-refractivity contribution < 1.29 is 10.0 Å². The lowest BCUT2D eigenvalue weighted by atomic mass is 9.97. The Labute approximate surface area is 111 Å². The average molecular weight is 265 g/mol. The summed E-state index contributed by atoms with van der Waals surface area (Å²) in [6, 6.07) is 4.66. The van der Waals surface area contributed by atoms with E-state index in [2.05, 4.69) is 5.32 Å². The van der Waals surface area contributed by atoms with Gasteiger partial charge in [-0.2, -0.15) is 0 Å². The monoisotopic (exact) mass is 265 g/mol. The highest BCUT2D eigenvalue weighted by molar-refractivity contribution is 5.65. The van der Waals surface area contributed by atoms with E-state index in [0.717, 1.165) is 31.5 Å². The molecule has 0 bridgehead atoms. The molecule has 1 fully saturated rings. The highest BCUT2D eigenvalue weighted by Gasteiger charge is 2.26. The predicted molar refractivity (Wildman–Crippen MR) is 73.9 cm³/mol. The topological polar surface area (TPSA) is 101 Å². The zero-order valence-electron chi connectivity index (χ0n) is 10.7. The number of aliphatic hydroxyl groups excluding tert-OH is 1. The normalized spacial score (nSPS) is 22.4. The maximum atomic E-state index is 10.7. The van der Waals surface area contributed by atoms with Gasteiger partial charge < -0.3 is 16.2 Å². The van der Waals surface area contributed by atoms with Gasteiger partial charge in [-0.3, -0.25) is 10.1 Å². The number of nitrogens with one attached hydrogen (secondary N) is 1. The standard InChI is InChI=1S/C13H19N3O3/c14-12-6-11(4-5-13(12)16(18)19)15-7-9-2-1-3-10(9)8-17/h4-6,9-10,15,17H,1-3,7-8,14H2. The molecule has 0 spiro atoms. The van der Waals surface area contributed by atoms with Crippen LogP contribution in [0.5, 0.6) is 0 Å². The summed E-state index contributed by atoms with van der Waals surface area (Å²) in [6.07, 6.45) is 3.34. The van der Waals surface area contributed by atoms with E-state index < -0.39 is 4.92 Å². The molecule has 1 aromatic rings. The van der Waals surface area contributed by atoms with Crippen molar-refractivity contribution in [1.29, 1.82) is 0 Å². The number of rotatable bonds is 5. The lowest BCUT2D eigenvalue weighted by Gasteiger charge is -2.18. The number of hydrogen-bond donors (Lipinski definition) is 3. The molecule has 0 aliphatic heterocycles. The van der Waals surface area contributed by atoms with Gasteiger partial charge in [-0.05, 0) is 36.8 Å². The number of nitro benzene ring substituents is 1. The van der Waals surface area contributed by atoms with Gasteiger partial charge in [-0.15, -0.1) is 0 Å². The van der Waals surface area contributed by atoms with Crippen LogP contribution in [0.25, 0.3) is 0 Å². The minimum atomic E-state index is -0.488. The molecule has 1 aliphatic rings. The summed E-state index contributed by atoms with van der Waals surface area (Å²) in [5, 5.41) is 23.2. The fraction of sp³-hybridized carbons (Fsp3) is 0.538. The van der Waals surface area contributed by atoms with Crippen LogP contribution in [-0.4, -0.2) is 23.2 Å². The van der Waals surface area contributed by atoms with Crippen LogP contribution in [-0.2, 0) is 0 Å². The Balaban J connectivity index is 1.96. The first-order chi connectivity index (χ1) is 9.11. The molecule has 0 radical (unpaired) electrons. The van der Waals surface area contributed by atoms with Crippen LogP contribution in [0.4, 0.5) is 17.1 Å². The molecule has 0 aromatic heterocycles. The first kappa shape index (κ1) is 13.6. The predicted octanol–water partition coefficient (Wildman–Crippen LogP) is 2.00. The van der Waals surface area contributed by atoms with Crippen molar-refractivity contribution in [3.05, 3.63) is 28.3 Å². The van der Waals surface area contributed by atoms with Gasteiger partial charge in [0.05, 0.1) is 4.92 Å². The van der Waals surface area contributed by atoms with Crippen molar-refractivity contribution in [2.45, 2.75) is 19.3 Å². The highest BCUT2D eigenvalue weighted by atomic mass is 16.6. The molecule has 6 heteroatoms. The van der Waals surface area contributed by atoms with Crippen molar-refractivity contribution in [1.82, 2.24) is 0 Å². The van der Waals surface area contributed by atoms with Crippen LogP contribution >= 0.6 is 0 Å². The van der Waals surface area contributed by atoms with E-state index in [1.165, 1.54) is 6.07 Å². The Hall–Kier alpha value is -1.82. The fourth-order valence-corrected chi connectivity index (χ4v) is 2.70. The van der Waals surface area contributed by atoms with Crippen LogP contribution in [0.1, 0.15) is 19.3 Å². The van der Waals surface area contributed by atoms with Crippen molar-refractivity contribution >= 4 is 17.1 Å². The van der Waals surface area contributed by atoms with Crippen molar-refractivity contribution in [2.24, 2.45) is 11.8 Å². The Morgan fingerprint density at radius 3 is 2.79 bits per heavy atom. The molecule has 0 heterocycles. The maximum Gasteiger partial charge on any atom is 0.292 e. The molecule has 19 heavy (non-hydrogen) atoms. The van der Waals surface area contributed by atoms with Crippen molar-refractivity contribution in [2.75, 3.05) is 24.2 Å². The molecule has 104 valence electrons. The van der Waals surface area contributed by atoms with E-state index in [4.69, 9.17) is 5.73 Å². The third-order valence-corrected chi connectivity index (χ3v) is 3.84. The molecular weight excluding hydrogens is 246 g/mol. The van der Waals surface area contributed by atoms with Crippen LogP contribution in [0, 0.1) is 22.0 Å². The summed E-state index contributed by atoms with van der Waals surface area (Å²) in [5.74, 6) is 0.823. The van der Waals surface area contributed by atoms with E-state index in [0.29, 0.717) is 11.8 Å². The number of nitro groups is 1. The number of nitrogens with zero attached hydrogens (tertiary/aromatic N) is 1. The van der Waals surface area contributed by atoms with Gasteiger partial charge in [0, 0.05) is 24.9 Å². The smallest absolute Gasteiger partial charge is 0.292 e. The molecule has 0 amide bonds. The number of nitrogens with two attached hydrogens (primary N) is 1. The minimum absolute atomic E-state index is 0.0698. The third kappa shape index (κ3) is 3.14. The second-order valence-electron chi connectivity index (χ2n) is 5.05. The van der Waals surface area contributed by atoms with Gasteiger partial charge in [-0.1, -0.05) is 6.42 Å². The Bertz CT molecular complexity index is 464. The number of anilines is 2. The molecule has 0 saturated heterocycles. The van der Waals surface area contributed by atoms with Gasteiger partial charge >= 0.3 is 0 Å². The lowest BCUT2D eigenvalue weighted by molar-refractivity contribution is -0.383. The van der Waals surface area contributed by atoms with Crippen LogP contribution in [0.2, 0.25) is 0 Å². The molecule has 6 nitrogen and oxygen atoms in total. The maximum absolute atomic E-state index is 10.7. The van der Waals surface area contributed by atoms with Crippen LogP contribution in [0.3, 0.4) is 0 Å². The molecule has 1 aromatic carbocycles. The average Bonchev–Trinajstić information content (AvgIpc) is 2.83. The number of hydrogen-bond acceptors (Lipinski definition) is 5. The second kappa shape index (κ2) is 5.88. The quantitative estimate of drug-likeness (QED) is 0.429. The van der Waals surface area contributed by atoms with Gasteiger partial charge in [0.25, 0.3) is 5.69 Å². The Kier molecular flexibility index (Phi) is 4.21. The van der Waals surface area contributed by atoms with E-state index in [9.17, 15) is 15.2 Å². The van der Waals surface area contributed by atoms with E-state index in [1.807, 2.05) is 0 Å². The Morgan fingerprint density at radius 2 is 2.16 bits per heavy atom. The summed E-state index contributed by atoms with van der Waals surface area (Å²) in [6.45, 7) is 0.997. The van der Waals surface area contributed by atoms with Crippen molar-refractivity contribution in [3.63, 3.8) is 0 Å². The summed E-state index contributed by atoms with van der Waals surface area (Å²) in [5.41, 5.74) is 6.52. The zero-order valence-corrected chi connectivity index (χ0v) is 10.7. The van der Waals surface area contributed by atoms with E-state index >= 15 is 0 Å².